The van der Waals surface area contributed by atoms with E-state index in [0.29, 0.717) is 24.3 Å². The van der Waals surface area contributed by atoms with Crippen LogP contribution in [0.25, 0.3) is 0 Å². The fraction of sp³-hybridized carbons (Fsp3) is 0.263. The van der Waals surface area contributed by atoms with Crippen LogP contribution in [0, 0.1) is 0 Å². The van der Waals surface area contributed by atoms with Crippen LogP contribution in [0.4, 0.5) is 0 Å². The lowest BCUT2D eigenvalue weighted by atomic mass is 10.1. The van der Waals surface area contributed by atoms with Gasteiger partial charge in [-0.2, -0.15) is 5.10 Å². The maximum absolute atomic E-state index is 12.3. The summed E-state index contributed by atoms with van der Waals surface area (Å²) in [5.41, 5.74) is 1.61. The molecule has 2 unspecified atom stereocenters. The molecule has 0 fully saturated rings. The first kappa shape index (κ1) is 17.0. The third kappa shape index (κ3) is 4.58. The molecular weight excluding hydrogens is 318 g/mol. The van der Waals surface area contributed by atoms with Gasteiger partial charge in [0.05, 0.1) is 24.6 Å². The van der Waals surface area contributed by atoms with Crippen molar-refractivity contribution in [2.75, 3.05) is 0 Å². The molecule has 6 nitrogen and oxygen atoms in total. The highest BCUT2D eigenvalue weighted by atomic mass is 16.4. The van der Waals surface area contributed by atoms with E-state index in [2.05, 4.69) is 10.4 Å². The van der Waals surface area contributed by atoms with Crippen molar-refractivity contribution in [2.24, 2.45) is 0 Å². The van der Waals surface area contributed by atoms with Crippen molar-refractivity contribution in [2.45, 2.75) is 32.0 Å². The van der Waals surface area contributed by atoms with Crippen molar-refractivity contribution in [1.82, 2.24) is 15.1 Å². The molecule has 25 heavy (non-hydrogen) atoms. The summed E-state index contributed by atoms with van der Waals surface area (Å²) in [6.07, 6.45) is 4.41. The molecule has 3 aromatic rings. The summed E-state index contributed by atoms with van der Waals surface area (Å²) in [4.78, 5) is 12.3. The monoisotopic (exact) mass is 339 g/mol. The Morgan fingerprint density at radius 3 is 2.80 bits per heavy atom. The van der Waals surface area contributed by atoms with Crippen molar-refractivity contribution < 1.29 is 14.3 Å². The van der Waals surface area contributed by atoms with Crippen LogP contribution >= 0.6 is 0 Å². The van der Waals surface area contributed by atoms with Crippen LogP contribution < -0.4 is 5.32 Å². The number of hydrogen-bond acceptors (Lipinski definition) is 4. The van der Waals surface area contributed by atoms with Crippen LogP contribution in [0.5, 0.6) is 0 Å². The second kappa shape index (κ2) is 7.81. The van der Waals surface area contributed by atoms with E-state index in [0.717, 1.165) is 5.56 Å². The second-order valence-electron chi connectivity index (χ2n) is 6.05. The van der Waals surface area contributed by atoms with Gasteiger partial charge in [-0.25, -0.2) is 0 Å². The highest BCUT2D eigenvalue weighted by molar-refractivity contribution is 5.93. The molecule has 2 atom stereocenters. The van der Waals surface area contributed by atoms with Gasteiger partial charge < -0.3 is 14.8 Å². The Kier molecular flexibility index (Phi) is 5.30. The molecule has 2 aromatic heterocycles. The van der Waals surface area contributed by atoms with Crippen LogP contribution in [0.15, 0.2) is 65.5 Å². The first-order valence-electron chi connectivity index (χ1n) is 8.20. The van der Waals surface area contributed by atoms with Gasteiger partial charge >= 0.3 is 0 Å². The smallest absolute Gasteiger partial charge is 0.254 e. The summed E-state index contributed by atoms with van der Waals surface area (Å²) in [6, 6.07) is 13.2. The molecule has 6 heteroatoms. The number of nitrogens with one attached hydrogen (secondary N) is 1. The molecule has 2 N–H and O–H groups in total. The minimum Gasteiger partial charge on any atom is -0.467 e. The molecule has 0 spiro atoms. The Morgan fingerprint density at radius 1 is 1.28 bits per heavy atom. The molecule has 0 saturated carbocycles. The lowest BCUT2D eigenvalue weighted by Crippen LogP contribution is -2.33. The molecular formula is C19H21N3O3. The van der Waals surface area contributed by atoms with E-state index in [9.17, 15) is 9.90 Å². The van der Waals surface area contributed by atoms with Gasteiger partial charge in [0.2, 0.25) is 0 Å². The molecule has 0 aliphatic rings. The molecule has 1 aromatic carbocycles. The zero-order chi connectivity index (χ0) is 17.6. The van der Waals surface area contributed by atoms with E-state index in [1.807, 2.05) is 37.3 Å². The Labute approximate surface area is 146 Å². The molecule has 1 amide bonds. The molecule has 0 radical (unpaired) electrons. The third-order valence-corrected chi connectivity index (χ3v) is 3.91. The number of amides is 1. The molecule has 0 saturated heterocycles. The summed E-state index contributed by atoms with van der Waals surface area (Å²) in [5, 5.41) is 17.2. The van der Waals surface area contributed by atoms with Gasteiger partial charge in [-0.15, -0.1) is 0 Å². The minimum absolute atomic E-state index is 0.204. The number of carbonyl (C=O) groups excluding carboxylic acids is 1. The fourth-order valence-corrected chi connectivity index (χ4v) is 2.64. The standard InChI is InChI=1S/C19H21N3O3/c1-14(10-17(23)18-8-5-9-25-18)21-19(24)16-11-20-22(13-16)12-15-6-3-2-4-7-15/h2-9,11,13-14,17,23H,10,12H2,1H3,(H,21,24). The highest BCUT2D eigenvalue weighted by Gasteiger charge is 2.17. The first-order chi connectivity index (χ1) is 12.1. The number of nitrogens with zero attached hydrogens (tertiary/aromatic N) is 2. The summed E-state index contributed by atoms with van der Waals surface area (Å²) >= 11 is 0. The maximum Gasteiger partial charge on any atom is 0.254 e. The lowest BCUT2D eigenvalue weighted by molar-refractivity contribution is 0.0903. The van der Waals surface area contributed by atoms with Crippen molar-refractivity contribution in [3.63, 3.8) is 0 Å². The van der Waals surface area contributed by atoms with Gasteiger partial charge in [0.25, 0.3) is 5.91 Å². The first-order valence-corrected chi connectivity index (χ1v) is 8.20. The van der Waals surface area contributed by atoms with Crippen LogP contribution in [0.1, 0.15) is 41.1 Å². The van der Waals surface area contributed by atoms with Gasteiger partial charge in [-0.1, -0.05) is 30.3 Å². The summed E-state index contributed by atoms with van der Waals surface area (Å²) in [6.45, 7) is 2.46. The average Bonchev–Trinajstić information content (AvgIpc) is 3.27. The zero-order valence-electron chi connectivity index (χ0n) is 14.0. The van der Waals surface area contributed by atoms with Crippen molar-refractivity contribution in [3.8, 4) is 0 Å². The van der Waals surface area contributed by atoms with Crippen molar-refractivity contribution in [3.05, 3.63) is 78.0 Å². The summed E-state index contributed by atoms with van der Waals surface area (Å²) in [7, 11) is 0. The molecule has 0 aliphatic carbocycles. The van der Waals surface area contributed by atoms with Crippen molar-refractivity contribution in [1.29, 1.82) is 0 Å². The third-order valence-electron chi connectivity index (χ3n) is 3.91. The number of aliphatic hydroxyl groups excluding tert-OH is 1. The van der Waals surface area contributed by atoms with E-state index in [1.165, 1.54) is 6.26 Å². The molecule has 130 valence electrons. The number of aromatic nitrogens is 2. The summed E-state index contributed by atoms with van der Waals surface area (Å²) in [5.74, 6) is 0.287. The van der Waals surface area contributed by atoms with Crippen LogP contribution in [0.3, 0.4) is 0 Å². The largest absolute Gasteiger partial charge is 0.467 e. The zero-order valence-corrected chi connectivity index (χ0v) is 14.0. The Bertz CT molecular complexity index is 796. The topological polar surface area (TPSA) is 80.3 Å². The van der Waals surface area contributed by atoms with Crippen LogP contribution in [-0.2, 0) is 6.54 Å². The molecule has 2 heterocycles. The average molecular weight is 339 g/mol. The molecule has 3 rings (SSSR count). The van der Waals surface area contributed by atoms with Gasteiger partial charge in [-0.05, 0) is 24.6 Å². The van der Waals surface area contributed by atoms with E-state index >= 15 is 0 Å². The predicted molar refractivity (Wildman–Crippen MR) is 93.0 cm³/mol. The number of furan rings is 1. The fourth-order valence-electron chi connectivity index (χ4n) is 2.64. The van der Waals surface area contributed by atoms with Crippen LogP contribution in [0.2, 0.25) is 0 Å². The normalized spacial score (nSPS) is 13.4. The second-order valence-corrected chi connectivity index (χ2v) is 6.05. The van der Waals surface area contributed by atoms with Gasteiger partial charge in [0, 0.05) is 18.7 Å². The van der Waals surface area contributed by atoms with Gasteiger partial charge in [-0.3, -0.25) is 9.48 Å². The molecule has 0 aliphatic heterocycles. The lowest BCUT2D eigenvalue weighted by Gasteiger charge is -2.16. The van der Waals surface area contributed by atoms with E-state index < -0.39 is 6.10 Å². The molecule has 0 bridgehead atoms. The Hall–Kier alpha value is -2.86. The Balaban J connectivity index is 1.54. The van der Waals surface area contributed by atoms with Crippen LogP contribution in [-0.4, -0.2) is 26.8 Å². The number of aliphatic hydroxyl groups is 1. The number of hydrogen-bond donors (Lipinski definition) is 2. The van der Waals surface area contributed by atoms with Gasteiger partial charge in [0.15, 0.2) is 0 Å². The predicted octanol–water partition coefficient (Wildman–Crippen LogP) is 2.77. The minimum atomic E-state index is -0.744. The quantitative estimate of drug-likeness (QED) is 0.694. The number of benzene rings is 1. The van der Waals surface area contributed by atoms with E-state index in [4.69, 9.17) is 4.42 Å². The van der Waals surface area contributed by atoms with E-state index in [-0.39, 0.29) is 11.9 Å². The summed E-state index contributed by atoms with van der Waals surface area (Å²) < 4.78 is 6.90. The maximum atomic E-state index is 12.3. The highest BCUT2D eigenvalue weighted by Crippen LogP contribution is 2.18. The van der Waals surface area contributed by atoms with E-state index in [1.54, 1.807) is 29.2 Å². The van der Waals surface area contributed by atoms with Crippen molar-refractivity contribution >= 4 is 5.91 Å². The number of carbonyl (C=O) groups is 1. The number of rotatable bonds is 7. The Morgan fingerprint density at radius 2 is 2.08 bits per heavy atom. The SMILES string of the molecule is CC(CC(O)c1ccco1)NC(=O)c1cnn(Cc2ccccc2)c1. The van der Waals surface area contributed by atoms with Gasteiger partial charge in [0.1, 0.15) is 11.9 Å².